The highest BCUT2D eigenvalue weighted by atomic mass is 15.6. The van der Waals surface area contributed by atoms with Gasteiger partial charge in [0, 0.05) is 6.54 Å². The second-order valence-electron chi connectivity index (χ2n) is 5.00. The van der Waals surface area contributed by atoms with Crippen LogP contribution in [0.5, 0.6) is 0 Å². The molecule has 2 atom stereocenters. The van der Waals surface area contributed by atoms with Crippen LogP contribution in [0.25, 0.3) is 0 Å². The zero-order valence-electron chi connectivity index (χ0n) is 10.6. The van der Waals surface area contributed by atoms with Crippen molar-refractivity contribution in [2.24, 2.45) is 16.3 Å². The van der Waals surface area contributed by atoms with E-state index in [1.165, 1.54) is 25.7 Å². The topological polar surface area (TPSA) is 28.0 Å². The number of hydrogen-bond donors (Lipinski definition) is 0. The fourth-order valence-electron chi connectivity index (χ4n) is 1.88. The van der Waals surface area contributed by atoms with Crippen LogP contribution >= 0.6 is 0 Å². The van der Waals surface area contributed by atoms with Gasteiger partial charge in [-0.2, -0.15) is 5.11 Å². The maximum Gasteiger partial charge on any atom is 0.0947 e. The average Bonchev–Trinajstić information content (AvgIpc) is 2.54. The molecule has 1 aliphatic rings. The third kappa shape index (κ3) is 3.80. The zero-order chi connectivity index (χ0) is 11.3. The van der Waals surface area contributed by atoms with Crippen molar-refractivity contribution in [3.05, 3.63) is 0 Å². The van der Waals surface area contributed by atoms with Crippen molar-refractivity contribution in [3.63, 3.8) is 0 Å². The summed E-state index contributed by atoms with van der Waals surface area (Å²) in [4.78, 5) is 0. The van der Waals surface area contributed by atoms with Gasteiger partial charge < -0.3 is 0 Å². The fraction of sp³-hybridized carbons (Fsp3) is 1.00. The van der Waals surface area contributed by atoms with E-state index in [2.05, 4.69) is 43.0 Å². The molecule has 0 aromatic carbocycles. The van der Waals surface area contributed by atoms with Crippen molar-refractivity contribution >= 4 is 0 Å². The first kappa shape index (κ1) is 12.5. The minimum absolute atomic E-state index is 0.434. The molecule has 0 bridgehead atoms. The van der Waals surface area contributed by atoms with E-state index in [1.54, 1.807) is 0 Å². The largest absolute Gasteiger partial charge is 0.274 e. The summed E-state index contributed by atoms with van der Waals surface area (Å²) in [7, 11) is 0. The lowest BCUT2D eigenvalue weighted by atomic mass is 9.99. The minimum atomic E-state index is 0.434. The Labute approximate surface area is 93.9 Å². The smallest absolute Gasteiger partial charge is 0.0947 e. The summed E-state index contributed by atoms with van der Waals surface area (Å²) >= 11 is 0. The lowest BCUT2D eigenvalue weighted by Crippen LogP contribution is -2.32. The molecule has 0 spiro atoms. The van der Waals surface area contributed by atoms with Crippen LogP contribution in [0.2, 0.25) is 0 Å². The Morgan fingerprint density at radius 3 is 2.67 bits per heavy atom. The van der Waals surface area contributed by atoms with E-state index in [9.17, 15) is 0 Å². The molecule has 0 fully saturated rings. The van der Waals surface area contributed by atoms with Crippen LogP contribution in [-0.2, 0) is 0 Å². The molecule has 1 heterocycles. The third-order valence-corrected chi connectivity index (χ3v) is 3.12. The molecule has 0 amide bonds. The van der Waals surface area contributed by atoms with Crippen LogP contribution < -0.4 is 0 Å². The molecule has 15 heavy (non-hydrogen) atoms. The Morgan fingerprint density at radius 1 is 1.33 bits per heavy atom. The number of nitrogens with zero attached hydrogens (tertiary/aromatic N) is 3. The van der Waals surface area contributed by atoms with E-state index in [0.717, 1.165) is 12.5 Å². The van der Waals surface area contributed by atoms with Gasteiger partial charge in [-0.15, -0.1) is 0 Å². The second kappa shape index (κ2) is 6.09. The first-order valence-corrected chi connectivity index (χ1v) is 6.32. The lowest BCUT2D eigenvalue weighted by Gasteiger charge is -2.22. The summed E-state index contributed by atoms with van der Waals surface area (Å²) in [5.41, 5.74) is 0. The molecular weight excluding hydrogens is 186 g/mol. The highest BCUT2D eigenvalue weighted by Crippen LogP contribution is 2.23. The fourth-order valence-corrected chi connectivity index (χ4v) is 1.88. The Kier molecular flexibility index (Phi) is 5.06. The number of rotatable bonds is 6. The molecular formula is C12H25N3. The monoisotopic (exact) mass is 211 g/mol. The first-order chi connectivity index (χ1) is 7.15. The summed E-state index contributed by atoms with van der Waals surface area (Å²) in [6.07, 6.45) is 4.90. The Balaban J connectivity index is 2.29. The molecule has 2 unspecified atom stereocenters. The maximum atomic E-state index is 4.37. The first-order valence-electron chi connectivity index (χ1n) is 6.32. The maximum absolute atomic E-state index is 4.37. The van der Waals surface area contributed by atoms with Gasteiger partial charge >= 0.3 is 0 Å². The molecule has 3 nitrogen and oxygen atoms in total. The Morgan fingerprint density at radius 2 is 2.07 bits per heavy atom. The molecule has 0 aliphatic carbocycles. The molecule has 0 saturated heterocycles. The van der Waals surface area contributed by atoms with E-state index < -0.39 is 0 Å². The third-order valence-electron chi connectivity index (χ3n) is 3.12. The van der Waals surface area contributed by atoms with Gasteiger partial charge in [0.15, 0.2) is 0 Å². The van der Waals surface area contributed by atoms with Gasteiger partial charge in [-0.3, -0.25) is 5.01 Å². The molecule has 1 aliphatic heterocycles. The Hall–Kier alpha value is -0.600. The van der Waals surface area contributed by atoms with E-state index in [0.29, 0.717) is 12.1 Å². The second-order valence-corrected chi connectivity index (χ2v) is 5.00. The van der Waals surface area contributed by atoms with Gasteiger partial charge in [0.05, 0.1) is 12.1 Å². The summed E-state index contributed by atoms with van der Waals surface area (Å²) in [6.45, 7) is 10.1. The predicted molar refractivity (Wildman–Crippen MR) is 63.8 cm³/mol. The normalized spacial score (nSPS) is 25.5. The lowest BCUT2D eigenvalue weighted by molar-refractivity contribution is 0.225. The van der Waals surface area contributed by atoms with Crippen molar-refractivity contribution in [1.82, 2.24) is 5.01 Å². The Bertz CT molecular complexity index is 201. The van der Waals surface area contributed by atoms with Crippen molar-refractivity contribution in [2.75, 3.05) is 6.54 Å². The summed E-state index contributed by atoms with van der Waals surface area (Å²) in [5, 5.41) is 10.8. The van der Waals surface area contributed by atoms with Crippen molar-refractivity contribution in [2.45, 2.75) is 65.5 Å². The van der Waals surface area contributed by atoms with Gasteiger partial charge in [-0.05, 0) is 32.1 Å². The van der Waals surface area contributed by atoms with Crippen LogP contribution in [0.1, 0.15) is 53.4 Å². The van der Waals surface area contributed by atoms with E-state index >= 15 is 0 Å². The van der Waals surface area contributed by atoms with Crippen molar-refractivity contribution in [1.29, 1.82) is 0 Å². The van der Waals surface area contributed by atoms with E-state index in [4.69, 9.17) is 0 Å². The van der Waals surface area contributed by atoms with Crippen molar-refractivity contribution in [3.8, 4) is 0 Å². The van der Waals surface area contributed by atoms with Crippen LogP contribution in [-0.4, -0.2) is 23.6 Å². The van der Waals surface area contributed by atoms with E-state index in [1.807, 2.05) is 0 Å². The summed E-state index contributed by atoms with van der Waals surface area (Å²) in [5.74, 6) is 0.775. The summed E-state index contributed by atoms with van der Waals surface area (Å²) in [6, 6.07) is 0.944. The van der Waals surface area contributed by atoms with Crippen LogP contribution in [0.3, 0.4) is 0 Å². The van der Waals surface area contributed by atoms with Gasteiger partial charge in [0.1, 0.15) is 0 Å². The van der Waals surface area contributed by atoms with Gasteiger partial charge in [-0.25, -0.2) is 0 Å². The quantitative estimate of drug-likeness (QED) is 0.659. The van der Waals surface area contributed by atoms with E-state index in [-0.39, 0.29) is 0 Å². The minimum Gasteiger partial charge on any atom is -0.274 e. The standard InChI is InChI=1S/C12H25N3/c1-5-6-9-15-11(4)12(13-14-15)8-7-10(2)3/h10-12H,5-9H2,1-4H3. The highest BCUT2D eigenvalue weighted by molar-refractivity contribution is 4.82. The molecule has 3 heteroatoms. The molecule has 0 radical (unpaired) electrons. The van der Waals surface area contributed by atoms with Crippen LogP contribution in [0.4, 0.5) is 0 Å². The number of unbranched alkanes of at least 4 members (excludes halogenated alkanes) is 1. The molecule has 0 aromatic rings. The number of hydrogen-bond acceptors (Lipinski definition) is 3. The SMILES string of the molecule is CCCCN1N=NC(CCC(C)C)C1C. The molecule has 88 valence electrons. The molecule has 1 rings (SSSR count). The van der Waals surface area contributed by atoms with Crippen molar-refractivity contribution < 1.29 is 0 Å². The molecule has 0 saturated carbocycles. The molecule has 0 N–H and O–H groups in total. The van der Waals surface area contributed by atoms with Crippen LogP contribution in [0.15, 0.2) is 10.3 Å². The predicted octanol–water partition coefficient (Wildman–Crippen LogP) is 3.66. The van der Waals surface area contributed by atoms with Crippen LogP contribution in [0, 0.1) is 5.92 Å². The summed E-state index contributed by atoms with van der Waals surface area (Å²) < 4.78 is 0. The average molecular weight is 211 g/mol. The molecule has 0 aromatic heterocycles. The highest BCUT2D eigenvalue weighted by Gasteiger charge is 2.27. The van der Waals surface area contributed by atoms with Gasteiger partial charge in [0.25, 0.3) is 0 Å². The van der Waals surface area contributed by atoms with Gasteiger partial charge in [0.2, 0.25) is 0 Å². The van der Waals surface area contributed by atoms with Gasteiger partial charge in [-0.1, -0.05) is 32.4 Å². The zero-order valence-corrected chi connectivity index (χ0v) is 10.6.